The van der Waals surface area contributed by atoms with Crippen molar-refractivity contribution in [1.82, 2.24) is 9.78 Å². The van der Waals surface area contributed by atoms with Gasteiger partial charge in [0.15, 0.2) is 0 Å². The van der Waals surface area contributed by atoms with E-state index in [1.165, 1.54) is 28.9 Å². The van der Waals surface area contributed by atoms with Crippen LogP contribution in [0.25, 0.3) is 0 Å². The lowest BCUT2D eigenvalue weighted by Crippen LogP contribution is -2.26. The van der Waals surface area contributed by atoms with Crippen LogP contribution in [0.5, 0.6) is 0 Å². The number of nitrogens with zero attached hydrogens (tertiary/aromatic N) is 3. The van der Waals surface area contributed by atoms with Gasteiger partial charge in [0.25, 0.3) is 0 Å². The van der Waals surface area contributed by atoms with E-state index in [1.54, 1.807) is 0 Å². The fourth-order valence-electron chi connectivity index (χ4n) is 3.40. The SMILES string of the molecule is Cc1nn(C)c(N2CCCc3ccccc3C2)c1CCN. The summed E-state index contributed by atoms with van der Waals surface area (Å²) in [7, 11) is 2.04. The normalized spacial score (nSPS) is 14.9. The van der Waals surface area contributed by atoms with Crippen molar-refractivity contribution in [1.29, 1.82) is 0 Å². The van der Waals surface area contributed by atoms with Crippen molar-refractivity contribution in [3.8, 4) is 0 Å². The molecule has 1 aromatic heterocycles. The van der Waals surface area contributed by atoms with Crippen LogP contribution < -0.4 is 10.6 Å². The lowest BCUT2D eigenvalue weighted by atomic mass is 10.0. The molecule has 2 N–H and O–H groups in total. The highest BCUT2D eigenvalue weighted by molar-refractivity contribution is 5.52. The molecule has 1 aliphatic heterocycles. The van der Waals surface area contributed by atoms with Gasteiger partial charge in [-0.3, -0.25) is 4.68 Å². The molecule has 3 rings (SSSR count). The lowest BCUT2D eigenvalue weighted by Gasteiger charge is -2.24. The summed E-state index contributed by atoms with van der Waals surface area (Å²) in [6.45, 7) is 4.79. The molecule has 21 heavy (non-hydrogen) atoms. The van der Waals surface area contributed by atoms with Gasteiger partial charge in [-0.25, -0.2) is 0 Å². The summed E-state index contributed by atoms with van der Waals surface area (Å²) in [5.74, 6) is 1.25. The Morgan fingerprint density at radius 1 is 1.24 bits per heavy atom. The van der Waals surface area contributed by atoms with Crippen LogP contribution in [0.15, 0.2) is 24.3 Å². The molecule has 0 saturated carbocycles. The summed E-state index contributed by atoms with van der Waals surface area (Å²) in [4.78, 5) is 2.47. The fraction of sp³-hybridized carbons (Fsp3) is 0.471. The minimum atomic E-state index is 0.671. The van der Waals surface area contributed by atoms with Crippen LogP contribution >= 0.6 is 0 Å². The van der Waals surface area contributed by atoms with E-state index in [9.17, 15) is 0 Å². The van der Waals surface area contributed by atoms with Crippen LogP contribution in [-0.2, 0) is 26.4 Å². The van der Waals surface area contributed by atoms with Gasteiger partial charge in [-0.2, -0.15) is 5.10 Å². The Balaban J connectivity index is 1.98. The molecule has 2 heterocycles. The highest BCUT2D eigenvalue weighted by Crippen LogP contribution is 2.28. The molecule has 0 amide bonds. The number of hydrogen-bond acceptors (Lipinski definition) is 3. The average Bonchev–Trinajstić information content (AvgIpc) is 2.65. The zero-order valence-electron chi connectivity index (χ0n) is 13.0. The molecule has 1 aromatic carbocycles. The average molecular weight is 284 g/mol. The Bertz CT molecular complexity index is 630. The van der Waals surface area contributed by atoms with E-state index in [0.717, 1.165) is 31.6 Å². The molecule has 0 unspecified atom stereocenters. The first-order valence-electron chi connectivity index (χ1n) is 7.75. The van der Waals surface area contributed by atoms with E-state index in [1.807, 2.05) is 11.7 Å². The molecule has 4 heteroatoms. The minimum Gasteiger partial charge on any atom is -0.352 e. The van der Waals surface area contributed by atoms with Crippen LogP contribution in [0.3, 0.4) is 0 Å². The standard InChI is InChI=1S/C17H24N4/c1-13-16(9-10-18)17(20(2)19-13)21-11-5-8-14-6-3-4-7-15(14)12-21/h3-4,6-7H,5,8-12,18H2,1-2H3. The maximum atomic E-state index is 5.79. The number of anilines is 1. The van der Waals surface area contributed by atoms with E-state index < -0.39 is 0 Å². The van der Waals surface area contributed by atoms with Gasteiger partial charge >= 0.3 is 0 Å². The Morgan fingerprint density at radius 2 is 2.00 bits per heavy atom. The summed E-state index contributed by atoms with van der Waals surface area (Å²) in [6.07, 6.45) is 3.24. The predicted octanol–water partition coefficient (Wildman–Crippen LogP) is 2.18. The molecule has 0 radical (unpaired) electrons. The second kappa shape index (κ2) is 5.90. The van der Waals surface area contributed by atoms with Gasteiger partial charge in [-0.15, -0.1) is 0 Å². The number of aryl methyl sites for hydroxylation is 3. The minimum absolute atomic E-state index is 0.671. The summed E-state index contributed by atoms with van der Waals surface area (Å²) >= 11 is 0. The van der Waals surface area contributed by atoms with E-state index in [0.29, 0.717) is 6.54 Å². The van der Waals surface area contributed by atoms with Crippen LogP contribution in [0.4, 0.5) is 5.82 Å². The molecular weight excluding hydrogens is 260 g/mol. The van der Waals surface area contributed by atoms with Crippen molar-refractivity contribution < 1.29 is 0 Å². The monoisotopic (exact) mass is 284 g/mol. The van der Waals surface area contributed by atoms with Crippen molar-refractivity contribution >= 4 is 5.82 Å². The molecule has 0 atom stereocenters. The van der Waals surface area contributed by atoms with Crippen molar-refractivity contribution in [3.63, 3.8) is 0 Å². The molecule has 0 aliphatic carbocycles. The molecule has 4 nitrogen and oxygen atoms in total. The number of fused-ring (bicyclic) bond motifs is 1. The van der Waals surface area contributed by atoms with Gasteiger partial charge in [0.05, 0.1) is 5.69 Å². The lowest BCUT2D eigenvalue weighted by molar-refractivity contribution is 0.685. The number of nitrogens with two attached hydrogens (primary N) is 1. The second-order valence-corrected chi connectivity index (χ2v) is 5.84. The Morgan fingerprint density at radius 3 is 2.76 bits per heavy atom. The van der Waals surface area contributed by atoms with Crippen molar-refractivity contribution in [3.05, 3.63) is 46.6 Å². The summed E-state index contributed by atoms with van der Waals surface area (Å²) in [5.41, 5.74) is 11.1. The van der Waals surface area contributed by atoms with Crippen LogP contribution in [0.2, 0.25) is 0 Å². The number of hydrogen-bond donors (Lipinski definition) is 1. The Kier molecular flexibility index (Phi) is 3.97. The maximum Gasteiger partial charge on any atom is 0.130 e. The van der Waals surface area contributed by atoms with Gasteiger partial charge in [0.2, 0.25) is 0 Å². The first-order chi connectivity index (χ1) is 10.2. The van der Waals surface area contributed by atoms with Gasteiger partial charge in [-0.1, -0.05) is 24.3 Å². The van der Waals surface area contributed by atoms with E-state index >= 15 is 0 Å². The van der Waals surface area contributed by atoms with Crippen LogP contribution in [0.1, 0.15) is 28.8 Å². The highest BCUT2D eigenvalue weighted by atomic mass is 15.4. The summed E-state index contributed by atoms with van der Waals surface area (Å²) in [5, 5.41) is 4.61. The van der Waals surface area contributed by atoms with Crippen molar-refractivity contribution in [2.24, 2.45) is 12.8 Å². The molecular formula is C17H24N4. The van der Waals surface area contributed by atoms with E-state index in [-0.39, 0.29) is 0 Å². The van der Waals surface area contributed by atoms with Crippen molar-refractivity contribution in [2.45, 2.75) is 32.7 Å². The molecule has 0 spiro atoms. The Hall–Kier alpha value is -1.81. The molecule has 0 saturated heterocycles. The first kappa shape index (κ1) is 14.1. The summed E-state index contributed by atoms with van der Waals surface area (Å²) in [6, 6.07) is 8.79. The van der Waals surface area contributed by atoms with Crippen molar-refractivity contribution in [2.75, 3.05) is 18.0 Å². The Labute approximate surface area is 126 Å². The topological polar surface area (TPSA) is 47.1 Å². The number of aromatic nitrogens is 2. The highest BCUT2D eigenvalue weighted by Gasteiger charge is 2.21. The third kappa shape index (κ3) is 2.68. The third-order valence-corrected chi connectivity index (χ3v) is 4.36. The smallest absolute Gasteiger partial charge is 0.130 e. The van der Waals surface area contributed by atoms with Gasteiger partial charge in [0, 0.05) is 25.7 Å². The van der Waals surface area contributed by atoms with E-state index in [2.05, 4.69) is 41.2 Å². The van der Waals surface area contributed by atoms with Gasteiger partial charge in [-0.05, 0) is 43.9 Å². The largest absolute Gasteiger partial charge is 0.352 e. The number of benzene rings is 1. The van der Waals surface area contributed by atoms with Crippen LogP contribution in [0, 0.1) is 6.92 Å². The fourth-order valence-corrected chi connectivity index (χ4v) is 3.40. The molecule has 0 bridgehead atoms. The van der Waals surface area contributed by atoms with Gasteiger partial charge < -0.3 is 10.6 Å². The first-order valence-corrected chi connectivity index (χ1v) is 7.75. The predicted molar refractivity (Wildman–Crippen MR) is 86.5 cm³/mol. The zero-order chi connectivity index (χ0) is 14.8. The van der Waals surface area contributed by atoms with Gasteiger partial charge in [0.1, 0.15) is 5.82 Å². The molecule has 1 aliphatic rings. The number of rotatable bonds is 3. The second-order valence-electron chi connectivity index (χ2n) is 5.84. The molecule has 2 aromatic rings. The maximum absolute atomic E-state index is 5.79. The molecule has 0 fully saturated rings. The third-order valence-electron chi connectivity index (χ3n) is 4.36. The summed E-state index contributed by atoms with van der Waals surface area (Å²) < 4.78 is 2.02. The van der Waals surface area contributed by atoms with E-state index in [4.69, 9.17) is 5.73 Å². The zero-order valence-corrected chi connectivity index (χ0v) is 13.0. The van der Waals surface area contributed by atoms with Crippen LogP contribution in [-0.4, -0.2) is 22.9 Å². The quantitative estimate of drug-likeness (QED) is 0.940. The molecule has 112 valence electrons.